The van der Waals surface area contributed by atoms with Crippen LogP contribution in [-0.4, -0.2) is 37.4 Å². The molecule has 0 aliphatic rings. The molecule has 18 heavy (non-hydrogen) atoms. The van der Waals surface area contributed by atoms with Crippen LogP contribution in [-0.2, 0) is 14.3 Å². The number of hydrogen-bond donors (Lipinski definition) is 1. The van der Waals surface area contributed by atoms with Gasteiger partial charge in [-0.3, -0.25) is 4.79 Å². The molecule has 4 nitrogen and oxygen atoms in total. The number of hydrogen-bond acceptors (Lipinski definition) is 4. The molecule has 0 spiro atoms. The second-order valence-electron chi connectivity index (χ2n) is 5.01. The second-order valence-corrected chi connectivity index (χ2v) is 5.01. The van der Waals surface area contributed by atoms with Crippen molar-refractivity contribution in [2.75, 3.05) is 19.8 Å². The highest BCUT2D eigenvalue weighted by molar-refractivity contribution is 5.75. The Kier molecular flexibility index (Phi) is 9.02. The Balaban J connectivity index is 4.11. The lowest BCUT2D eigenvalue weighted by Crippen LogP contribution is -2.40. The van der Waals surface area contributed by atoms with Crippen molar-refractivity contribution in [2.24, 2.45) is 0 Å². The van der Waals surface area contributed by atoms with E-state index < -0.39 is 0 Å². The minimum Gasteiger partial charge on any atom is -0.465 e. The van der Waals surface area contributed by atoms with Gasteiger partial charge >= 0.3 is 5.97 Å². The first-order valence-corrected chi connectivity index (χ1v) is 7.00. The van der Waals surface area contributed by atoms with Gasteiger partial charge in [-0.1, -0.05) is 13.8 Å². The molecule has 0 amide bonds. The summed E-state index contributed by atoms with van der Waals surface area (Å²) in [5.74, 6) is -0.177. The molecule has 1 unspecified atom stereocenters. The van der Waals surface area contributed by atoms with E-state index >= 15 is 0 Å². The predicted octanol–water partition coefficient (Wildman–Crippen LogP) is 2.51. The molecule has 0 aliphatic carbocycles. The summed E-state index contributed by atoms with van der Waals surface area (Å²) in [6.07, 6.45) is 2.61. The molecular formula is C14H29NO3. The van der Waals surface area contributed by atoms with Gasteiger partial charge in [0.2, 0.25) is 0 Å². The standard InChI is InChI=1S/C14H29NO3/c1-6-10-15-12(13(16)17-8-3)9-11-18-14(4,5)7-2/h12,15H,6-11H2,1-5H3. The lowest BCUT2D eigenvalue weighted by atomic mass is 10.1. The molecule has 0 rings (SSSR count). The summed E-state index contributed by atoms with van der Waals surface area (Å²) < 4.78 is 10.8. The van der Waals surface area contributed by atoms with E-state index in [1.54, 1.807) is 0 Å². The Labute approximate surface area is 111 Å². The van der Waals surface area contributed by atoms with E-state index in [2.05, 4.69) is 33.0 Å². The number of esters is 1. The van der Waals surface area contributed by atoms with Crippen molar-refractivity contribution < 1.29 is 14.3 Å². The maximum atomic E-state index is 11.7. The Hall–Kier alpha value is -0.610. The van der Waals surface area contributed by atoms with Gasteiger partial charge in [0.25, 0.3) is 0 Å². The van der Waals surface area contributed by atoms with Crippen LogP contribution in [0.5, 0.6) is 0 Å². The zero-order valence-electron chi connectivity index (χ0n) is 12.5. The molecule has 0 aliphatic heterocycles. The van der Waals surface area contributed by atoms with E-state index in [1.165, 1.54) is 0 Å². The number of carbonyl (C=O) groups excluding carboxylic acids is 1. The molecule has 0 aromatic carbocycles. The minimum atomic E-state index is -0.252. The van der Waals surface area contributed by atoms with Gasteiger partial charge < -0.3 is 14.8 Å². The summed E-state index contributed by atoms with van der Waals surface area (Å²) in [6.45, 7) is 11.9. The predicted molar refractivity (Wildman–Crippen MR) is 73.7 cm³/mol. The average molecular weight is 259 g/mol. The van der Waals surface area contributed by atoms with Crippen molar-refractivity contribution in [1.29, 1.82) is 0 Å². The smallest absolute Gasteiger partial charge is 0.323 e. The van der Waals surface area contributed by atoms with Gasteiger partial charge in [-0.15, -0.1) is 0 Å². The maximum Gasteiger partial charge on any atom is 0.323 e. The van der Waals surface area contributed by atoms with E-state index in [4.69, 9.17) is 9.47 Å². The van der Waals surface area contributed by atoms with Crippen LogP contribution >= 0.6 is 0 Å². The molecule has 0 heterocycles. The minimum absolute atomic E-state index is 0.121. The van der Waals surface area contributed by atoms with Gasteiger partial charge in [-0.2, -0.15) is 0 Å². The largest absolute Gasteiger partial charge is 0.465 e. The van der Waals surface area contributed by atoms with E-state index in [1.807, 2.05) is 6.92 Å². The van der Waals surface area contributed by atoms with Crippen LogP contribution in [0.1, 0.15) is 53.9 Å². The van der Waals surface area contributed by atoms with Gasteiger partial charge in [0.1, 0.15) is 6.04 Å². The normalized spacial score (nSPS) is 13.4. The van der Waals surface area contributed by atoms with Crippen LogP contribution in [0, 0.1) is 0 Å². The molecule has 108 valence electrons. The molecule has 0 aromatic rings. The number of carbonyl (C=O) groups is 1. The summed E-state index contributed by atoms with van der Waals surface area (Å²) in [5.41, 5.74) is -0.121. The van der Waals surface area contributed by atoms with Crippen LogP contribution < -0.4 is 5.32 Å². The molecule has 4 heteroatoms. The third-order valence-electron chi connectivity index (χ3n) is 2.96. The number of rotatable bonds is 10. The highest BCUT2D eigenvalue weighted by Crippen LogP contribution is 2.14. The first kappa shape index (κ1) is 17.4. The Morgan fingerprint density at radius 2 is 1.94 bits per heavy atom. The highest BCUT2D eigenvalue weighted by Gasteiger charge is 2.21. The molecular weight excluding hydrogens is 230 g/mol. The highest BCUT2D eigenvalue weighted by atomic mass is 16.5. The zero-order chi connectivity index (χ0) is 14.0. The molecule has 1 N–H and O–H groups in total. The van der Waals surface area contributed by atoms with Gasteiger partial charge in [-0.05, 0) is 46.6 Å². The van der Waals surface area contributed by atoms with Crippen molar-refractivity contribution in [2.45, 2.75) is 65.5 Å². The topological polar surface area (TPSA) is 47.6 Å². The first-order chi connectivity index (χ1) is 8.46. The van der Waals surface area contributed by atoms with Gasteiger partial charge in [0.05, 0.1) is 12.2 Å². The Morgan fingerprint density at radius 1 is 1.28 bits per heavy atom. The van der Waals surface area contributed by atoms with Gasteiger partial charge in [-0.25, -0.2) is 0 Å². The maximum absolute atomic E-state index is 11.7. The van der Waals surface area contributed by atoms with Gasteiger partial charge in [0.15, 0.2) is 0 Å². The second kappa shape index (κ2) is 9.34. The van der Waals surface area contributed by atoms with Crippen LogP contribution in [0.3, 0.4) is 0 Å². The summed E-state index contributed by atoms with van der Waals surface area (Å²) in [7, 11) is 0. The van der Waals surface area contributed by atoms with E-state index in [9.17, 15) is 4.79 Å². The lowest BCUT2D eigenvalue weighted by Gasteiger charge is -2.25. The van der Waals surface area contributed by atoms with Crippen molar-refractivity contribution in [1.82, 2.24) is 5.32 Å². The molecule has 0 radical (unpaired) electrons. The fourth-order valence-corrected chi connectivity index (χ4v) is 1.42. The quantitative estimate of drug-likeness (QED) is 0.612. The summed E-state index contributed by atoms with van der Waals surface area (Å²) in [5, 5.41) is 3.20. The van der Waals surface area contributed by atoms with E-state index in [0.717, 1.165) is 19.4 Å². The zero-order valence-corrected chi connectivity index (χ0v) is 12.5. The van der Waals surface area contributed by atoms with Crippen molar-refractivity contribution in [3.8, 4) is 0 Å². The number of nitrogens with one attached hydrogen (secondary N) is 1. The molecule has 0 saturated carbocycles. The molecule has 1 atom stereocenters. The lowest BCUT2D eigenvalue weighted by molar-refractivity contribution is -0.146. The molecule has 0 fully saturated rings. The Bertz CT molecular complexity index is 229. The average Bonchev–Trinajstić information content (AvgIpc) is 2.33. The van der Waals surface area contributed by atoms with Crippen LogP contribution in [0.2, 0.25) is 0 Å². The summed E-state index contributed by atoms with van der Waals surface area (Å²) in [4.78, 5) is 11.7. The van der Waals surface area contributed by atoms with Gasteiger partial charge in [0, 0.05) is 6.61 Å². The van der Waals surface area contributed by atoms with Crippen molar-refractivity contribution >= 4 is 5.97 Å². The number of ether oxygens (including phenoxy) is 2. The summed E-state index contributed by atoms with van der Waals surface area (Å²) >= 11 is 0. The fourth-order valence-electron chi connectivity index (χ4n) is 1.42. The molecule has 0 bridgehead atoms. The van der Waals surface area contributed by atoms with Crippen LogP contribution in [0.4, 0.5) is 0 Å². The van der Waals surface area contributed by atoms with E-state index in [0.29, 0.717) is 19.6 Å². The molecule has 0 aromatic heterocycles. The first-order valence-electron chi connectivity index (χ1n) is 7.00. The molecule has 0 saturated heterocycles. The van der Waals surface area contributed by atoms with Crippen molar-refractivity contribution in [3.63, 3.8) is 0 Å². The third kappa shape index (κ3) is 7.67. The summed E-state index contributed by atoms with van der Waals surface area (Å²) in [6, 6.07) is -0.252. The Morgan fingerprint density at radius 3 is 2.44 bits per heavy atom. The SMILES string of the molecule is CCCNC(CCOC(C)(C)CC)C(=O)OCC. The monoisotopic (exact) mass is 259 g/mol. The van der Waals surface area contributed by atoms with Crippen molar-refractivity contribution in [3.05, 3.63) is 0 Å². The third-order valence-corrected chi connectivity index (χ3v) is 2.96. The van der Waals surface area contributed by atoms with Crippen LogP contribution in [0.15, 0.2) is 0 Å². The van der Waals surface area contributed by atoms with Crippen LogP contribution in [0.25, 0.3) is 0 Å². The van der Waals surface area contributed by atoms with E-state index in [-0.39, 0.29) is 17.6 Å². The fraction of sp³-hybridized carbons (Fsp3) is 0.929.